The number of carbonyl (C=O) groups excluding carboxylic acids is 1. The Morgan fingerprint density at radius 3 is 2.88 bits per heavy atom. The highest BCUT2D eigenvalue weighted by molar-refractivity contribution is 7.99. The average Bonchev–Trinajstić information content (AvgIpc) is 2.77. The molecule has 3 nitrogen and oxygen atoms in total. The predicted octanol–water partition coefficient (Wildman–Crippen LogP) is 1.90. The van der Waals surface area contributed by atoms with Gasteiger partial charge in [0.2, 0.25) is 5.91 Å². The number of carbonyl (C=O) groups is 1. The Bertz CT molecular complexity index is 400. The summed E-state index contributed by atoms with van der Waals surface area (Å²) in [5.74, 6) is 1.79. The van der Waals surface area contributed by atoms with E-state index in [0.717, 1.165) is 17.3 Å². The average molecular weight is 236 g/mol. The second-order valence-corrected chi connectivity index (χ2v) is 5.09. The summed E-state index contributed by atoms with van der Waals surface area (Å²) in [6.45, 7) is 4.12. The molecular formula is C12H16N2OS. The molecule has 4 heteroatoms. The summed E-state index contributed by atoms with van der Waals surface area (Å²) in [4.78, 5) is 11.8. The molecule has 0 radical (unpaired) electrons. The molecule has 0 aromatic heterocycles. The Kier molecular flexibility index (Phi) is 3.51. The summed E-state index contributed by atoms with van der Waals surface area (Å²) in [5.41, 5.74) is 3.32. The third-order valence-corrected chi connectivity index (χ3v) is 3.75. The summed E-state index contributed by atoms with van der Waals surface area (Å²) < 4.78 is 0. The molecule has 86 valence electrons. The van der Waals surface area contributed by atoms with Crippen molar-refractivity contribution in [2.75, 3.05) is 16.9 Å². The fraction of sp³-hybridized carbons (Fsp3) is 0.417. The maximum atomic E-state index is 11.8. The molecule has 1 heterocycles. The van der Waals surface area contributed by atoms with Gasteiger partial charge in [-0.25, -0.2) is 0 Å². The SMILES string of the molecule is Cc1ccc(NC(=O)[C@H]2CSCN2)cc1C. The summed E-state index contributed by atoms with van der Waals surface area (Å²) in [7, 11) is 0. The van der Waals surface area contributed by atoms with Crippen LogP contribution < -0.4 is 10.6 Å². The summed E-state index contributed by atoms with van der Waals surface area (Å²) in [5, 5.41) is 6.09. The second-order valence-electron chi connectivity index (χ2n) is 4.06. The topological polar surface area (TPSA) is 41.1 Å². The normalized spacial score (nSPS) is 19.8. The number of aryl methyl sites for hydroxylation is 2. The zero-order valence-corrected chi connectivity index (χ0v) is 10.4. The van der Waals surface area contributed by atoms with Crippen LogP contribution in [0.5, 0.6) is 0 Å². The van der Waals surface area contributed by atoms with Crippen molar-refractivity contribution in [3.8, 4) is 0 Å². The van der Waals surface area contributed by atoms with Gasteiger partial charge in [-0.15, -0.1) is 11.8 Å². The lowest BCUT2D eigenvalue weighted by Crippen LogP contribution is -2.37. The van der Waals surface area contributed by atoms with Gasteiger partial charge in [0.25, 0.3) is 0 Å². The highest BCUT2D eigenvalue weighted by Gasteiger charge is 2.22. The van der Waals surface area contributed by atoms with Crippen molar-refractivity contribution in [2.24, 2.45) is 0 Å². The first-order valence-electron chi connectivity index (χ1n) is 5.36. The number of anilines is 1. The smallest absolute Gasteiger partial charge is 0.242 e. The number of amides is 1. The first-order chi connectivity index (χ1) is 7.66. The molecule has 2 N–H and O–H groups in total. The molecule has 1 amide bonds. The molecule has 1 aliphatic rings. The van der Waals surface area contributed by atoms with Crippen LogP contribution in [0.15, 0.2) is 18.2 Å². The fourth-order valence-electron chi connectivity index (χ4n) is 1.61. The van der Waals surface area contributed by atoms with Crippen LogP contribution in [-0.2, 0) is 4.79 Å². The van der Waals surface area contributed by atoms with Crippen LogP contribution in [0.4, 0.5) is 5.69 Å². The van der Waals surface area contributed by atoms with Crippen LogP contribution in [-0.4, -0.2) is 23.6 Å². The van der Waals surface area contributed by atoms with Gasteiger partial charge in [-0.3, -0.25) is 10.1 Å². The minimum atomic E-state index is -0.0494. The van der Waals surface area contributed by atoms with Gasteiger partial charge in [-0.2, -0.15) is 0 Å². The molecule has 0 saturated carbocycles. The lowest BCUT2D eigenvalue weighted by atomic mass is 10.1. The van der Waals surface area contributed by atoms with Gasteiger partial charge in [-0.1, -0.05) is 6.07 Å². The van der Waals surface area contributed by atoms with Crippen molar-refractivity contribution in [3.63, 3.8) is 0 Å². The molecule has 1 atom stereocenters. The molecule has 1 aromatic carbocycles. The number of hydrogen-bond acceptors (Lipinski definition) is 3. The molecule has 1 aromatic rings. The third-order valence-electron chi connectivity index (χ3n) is 2.81. The molecular weight excluding hydrogens is 220 g/mol. The zero-order chi connectivity index (χ0) is 11.5. The lowest BCUT2D eigenvalue weighted by molar-refractivity contribution is -0.117. The molecule has 0 bridgehead atoms. The van der Waals surface area contributed by atoms with Crippen molar-refractivity contribution >= 4 is 23.4 Å². The van der Waals surface area contributed by atoms with E-state index in [1.807, 2.05) is 18.2 Å². The summed E-state index contributed by atoms with van der Waals surface area (Å²) in [6.07, 6.45) is 0. The van der Waals surface area contributed by atoms with Crippen molar-refractivity contribution in [2.45, 2.75) is 19.9 Å². The molecule has 0 spiro atoms. The van der Waals surface area contributed by atoms with E-state index in [1.165, 1.54) is 11.1 Å². The summed E-state index contributed by atoms with van der Waals surface area (Å²) >= 11 is 1.75. The Morgan fingerprint density at radius 1 is 1.44 bits per heavy atom. The maximum absolute atomic E-state index is 11.8. The second kappa shape index (κ2) is 4.89. The lowest BCUT2D eigenvalue weighted by Gasteiger charge is -2.11. The molecule has 1 saturated heterocycles. The highest BCUT2D eigenvalue weighted by atomic mass is 32.2. The highest BCUT2D eigenvalue weighted by Crippen LogP contribution is 2.16. The number of thioether (sulfide) groups is 1. The van der Waals surface area contributed by atoms with Gasteiger partial charge < -0.3 is 5.32 Å². The molecule has 1 aliphatic heterocycles. The molecule has 2 rings (SSSR count). The van der Waals surface area contributed by atoms with E-state index in [0.29, 0.717) is 0 Å². The van der Waals surface area contributed by atoms with Crippen molar-refractivity contribution in [3.05, 3.63) is 29.3 Å². The van der Waals surface area contributed by atoms with Gasteiger partial charge in [0, 0.05) is 17.3 Å². The Balaban J connectivity index is 2.02. The number of benzene rings is 1. The van der Waals surface area contributed by atoms with E-state index in [4.69, 9.17) is 0 Å². The van der Waals surface area contributed by atoms with Gasteiger partial charge >= 0.3 is 0 Å². The minimum absolute atomic E-state index is 0.0494. The van der Waals surface area contributed by atoms with Gasteiger partial charge in [0.1, 0.15) is 0 Å². The van der Waals surface area contributed by atoms with Crippen molar-refractivity contribution in [1.29, 1.82) is 0 Å². The number of nitrogens with one attached hydrogen (secondary N) is 2. The van der Waals surface area contributed by atoms with Crippen LogP contribution >= 0.6 is 11.8 Å². The van der Waals surface area contributed by atoms with Crippen molar-refractivity contribution in [1.82, 2.24) is 5.32 Å². The monoisotopic (exact) mass is 236 g/mol. The van der Waals surface area contributed by atoms with E-state index in [-0.39, 0.29) is 11.9 Å². The summed E-state index contributed by atoms with van der Waals surface area (Å²) in [6, 6.07) is 5.94. The standard InChI is InChI=1S/C12H16N2OS/c1-8-3-4-10(5-9(8)2)14-12(15)11-6-16-7-13-11/h3-5,11,13H,6-7H2,1-2H3,(H,14,15)/t11-/m1/s1. The van der Waals surface area contributed by atoms with Crippen LogP contribution in [0.2, 0.25) is 0 Å². The molecule has 0 unspecified atom stereocenters. The Labute approximate surface area is 100.0 Å². The van der Waals surface area contributed by atoms with E-state index < -0.39 is 0 Å². The Morgan fingerprint density at radius 2 is 2.25 bits per heavy atom. The molecule has 0 aliphatic carbocycles. The van der Waals surface area contributed by atoms with Crippen LogP contribution in [0.25, 0.3) is 0 Å². The Hall–Kier alpha value is -1.00. The number of hydrogen-bond donors (Lipinski definition) is 2. The minimum Gasteiger partial charge on any atom is -0.325 e. The van der Waals surface area contributed by atoms with E-state index in [9.17, 15) is 4.79 Å². The van der Waals surface area contributed by atoms with E-state index in [1.54, 1.807) is 11.8 Å². The van der Waals surface area contributed by atoms with Gasteiger partial charge in [0.05, 0.1) is 6.04 Å². The van der Waals surface area contributed by atoms with E-state index in [2.05, 4.69) is 24.5 Å². The fourth-order valence-corrected chi connectivity index (χ4v) is 2.55. The number of rotatable bonds is 2. The maximum Gasteiger partial charge on any atom is 0.242 e. The molecule has 1 fully saturated rings. The largest absolute Gasteiger partial charge is 0.325 e. The zero-order valence-electron chi connectivity index (χ0n) is 9.54. The third kappa shape index (κ3) is 2.57. The molecule has 16 heavy (non-hydrogen) atoms. The predicted molar refractivity (Wildman–Crippen MR) is 68.8 cm³/mol. The quantitative estimate of drug-likeness (QED) is 0.824. The van der Waals surface area contributed by atoms with Gasteiger partial charge in [-0.05, 0) is 37.1 Å². The first-order valence-corrected chi connectivity index (χ1v) is 6.51. The van der Waals surface area contributed by atoms with Crippen LogP contribution in [0, 0.1) is 13.8 Å². The van der Waals surface area contributed by atoms with E-state index >= 15 is 0 Å². The van der Waals surface area contributed by atoms with Gasteiger partial charge in [0.15, 0.2) is 0 Å². The van der Waals surface area contributed by atoms with Crippen molar-refractivity contribution < 1.29 is 4.79 Å². The van der Waals surface area contributed by atoms with Crippen LogP contribution in [0.1, 0.15) is 11.1 Å². The first kappa shape index (κ1) is 11.5. The van der Waals surface area contributed by atoms with Crippen LogP contribution in [0.3, 0.4) is 0 Å².